The standard InChI is InChI=1S/C26H24N4O/c1-17-8-11-20(12-9-17)25-23(29-16-18(2)10-13-24(29)28-25)15-27-30-19(3)14-21-6-4-5-7-22(21)26(30)31/h4-14,16,27H,15H2,1-3H3. The predicted octanol–water partition coefficient (Wildman–Crippen LogP) is 4.99. The maximum Gasteiger partial charge on any atom is 0.276 e. The summed E-state index contributed by atoms with van der Waals surface area (Å²) in [5, 5.41) is 1.65. The van der Waals surface area contributed by atoms with Crippen molar-refractivity contribution in [2.75, 3.05) is 5.43 Å². The highest BCUT2D eigenvalue weighted by Crippen LogP contribution is 2.25. The second-order valence-electron chi connectivity index (χ2n) is 8.06. The normalized spacial score (nSPS) is 11.3. The zero-order valence-electron chi connectivity index (χ0n) is 17.9. The molecule has 1 N–H and O–H groups in total. The molecule has 0 atom stereocenters. The molecule has 31 heavy (non-hydrogen) atoms. The summed E-state index contributed by atoms with van der Waals surface area (Å²) in [6, 6.07) is 22.2. The van der Waals surface area contributed by atoms with E-state index in [0.29, 0.717) is 11.9 Å². The number of aromatic nitrogens is 3. The van der Waals surface area contributed by atoms with Crippen molar-refractivity contribution in [1.82, 2.24) is 14.1 Å². The van der Waals surface area contributed by atoms with Gasteiger partial charge in [-0.25, -0.2) is 9.66 Å². The van der Waals surface area contributed by atoms with Crippen molar-refractivity contribution in [1.29, 1.82) is 0 Å². The number of imidazole rings is 1. The smallest absolute Gasteiger partial charge is 0.276 e. The number of hydrogen-bond donors (Lipinski definition) is 1. The fourth-order valence-electron chi connectivity index (χ4n) is 4.05. The van der Waals surface area contributed by atoms with E-state index in [4.69, 9.17) is 4.98 Å². The highest BCUT2D eigenvalue weighted by atomic mass is 16.1. The van der Waals surface area contributed by atoms with Crippen molar-refractivity contribution in [2.24, 2.45) is 0 Å². The second kappa shape index (κ2) is 7.43. The number of nitrogens with one attached hydrogen (secondary N) is 1. The van der Waals surface area contributed by atoms with Gasteiger partial charge in [0.15, 0.2) is 0 Å². The molecule has 3 heterocycles. The van der Waals surface area contributed by atoms with Gasteiger partial charge in [0.25, 0.3) is 5.56 Å². The van der Waals surface area contributed by atoms with Crippen LogP contribution in [0.2, 0.25) is 0 Å². The van der Waals surface area contributed by atoms with Crippen LogP contribution in [0.25, 0.3) is 27.7 Å². The molecule has 0 amide bonds. The molecule has 5 rings (SSSR count). The number of rotatable bonds is 4. The Bertz CT molecular complexity index is 1480. The SMILES string of the molecule is Cc1ccc(-c2nc3ccc(C)cn3c2CNn2c(C)cc3ccccc3c2=O)cc1. The lowest BCUT2D eigenvalue weighted by molar-refractivity contribution is 0.767. The van der Waals surface area contributed by atoms with Crippen molar-refractivity contribution in [3.8, 4) is 11.3 Å². The number of aryl methyl sites for hydroxylation is 3. The summed E-state index contributed by atoms with van der Waals surface area (Å²) in [5.41, 5.74) is 10.4. The summed E-state index contributed by atoms with van der Waals surface area (Å²) in [5.74, 6) is 0. The summed E-state index contributed by atoms with van der Waals surface area (Å²) in [6.45, 7) is 6.56. The molecule has 5 heteroatoms. The van der Waals surface area contributed by atoms with Crippen LogP contribution >= 0.6 is 0 Å². The highest BCUT2D eigenvalue weighted by Gasteiger charge is 2.15. The van der Waals surface area contributed by atoms with Gasteiger partial charge in [-0.15, -0.1) is 0 Å². The average Bonchev–Trinajstić information content (AvgIpc) is 3.12. The van der Waals surface area contributed by atoms with Gasteiger partial charge < -0.3 is 9.83 Å². The lowest BCUT2D eigenvalue weighted by atomic mass is 10.1. The van der Waals surface area contributed by atoms with Gasteiger partial charge in [0.2, 0.25) is 0 Å². The lowest BCUT2D eigenvalue weighted by Crippen LogP contribution is -2.31. The molecule has 0 unspecified atom stereocenters. The van der Waals surface area contributed by atoms with E-state index in [9.17, 15) is 4.79 Å². The molecule has 0 aliphatic heterocycles. The van der Waals surface area contributed by atoms with Crippen LogP contribution in [0.1, 0.15) is 22.5 Å². The monoisotopic (exact) mass is 408 g/mol. The molecule has 3 aromatic heterocycles. The van der Waals surface area contributed by atoms with Crippen molar-refractivity contribution in [3.05, 3.63) is 106 Å². The zero-order chi connectivity index (χ0) is 21.5. The van der Waals surface area contributed by atoms with E-state index in [1.54, 1.807) is 4.68 Å². The van der Waals surface area contributed by atoms with E-state index < -0.39 is 0 Å². The summed E-state index contributed by atoms with van der Waals surface area (Å²) in [4.78, 5) is 18.0. The molecule has 0 radical (unpaired) electrons. The fourth-order valence-corrected chi connectivity index (χ4v) is 4.05. The molecule has 5 nitrogen and oxygen atoms in total. The van der Waals surface area contributed by atoms with Crippen molar-refractivity contribution >= 4 is 16.4 Å². The van der Waals surface area contributed by atoms with Crippen molar-refractivity contribution < 1.29 is 0 Å². The van der Waals surface area contributed by atoms with Crippen LogP contribution in [-0.4, -0.2) is 14.1 Å². The van der Waals surface area contributed by atoms with Crippen LogP contribution in [0, 0.1) is 20.8 Å². The van der Waals surface area contributed by atoms with Gasteiger partial charge in [0.1, 0.15) is 5.65 Å². The number of fused-ring (bicyclic) bond motifs is 2. The van der Waals surface area contributed by atoms with Crippen LogP contribution in [0.4, 0.5) is 0 Å². The average molecular weight is 409 g/mol. The highest BCUT2D eigenvalue weighted by molar-refractivity contribution is 5.81. The van der Waals surface area contributed by atoms with Crippen molar-refractivity contribution in [2.45, 2.75) is 27.3 Å². The molecule has 0 spiro atoms. The molecule has 0 saturated heterocycles. The third-order valence-electron chi connectivity index (χ3n) is 5.71. The van der Waals surface area contributed by atoms with E-state index in [1.165, 1.54) is 5.56 Å². The third kappa shape index (κ3) is 3.38. The summed E-state index contributed by atoms with van der Waals surface area (Å²) in [6.07, 6.45) is 2.09. The quantitative estimate of drug-likeness (QED) is 0.456. The van der Waals surface area contributed by atoms with Crippen LogP contribution in [-0.2, 0) is 6.54 Å². The Labute approximate surface area is 180 Å². The first kappa shape index (κ1) is 19.1. The minimum atomic E-state index is -0.0440. The second-order valence-corrected chi connectivity index (χ2v) is 8.06. The van der Waals surface area contributed by atoms with Gasteiger partial charge in [-0.1, -0.05) is 54.1 Å². The molecule has 2 aromatic carbocycles. The molecular weight excluding hydrogens is 384 g/mol. The first-order chi connectivity index (χ1) is 15.0. The molecule has 0 fully saturated rings. The molecule has 0 bridgehead atoms. The van der Waals surface area contributed by atoms with Gasteiger partial charge in [-0.2, -0.15) is 0 Å². The van der Waals surface area contributed by atoms with Gasteiger partial charge in [0, 0.05) is 22.8 Å². The Morgan fingerprint density at radius 1 is 0.903 bits per heavy atom. The summed E-state index contributed by atoms with van der Waals surface area (Å²) < 4.78 is 3.75. The van der Waals surface area contributed by atoms with E-state index in [-0.39, 0.29) is 5.56 Å². The first-order valence-electron chi connectivity index (χ1n) is 10.4. The van der Waals surface area contributed by atoms with E-state index in [1.807, 2.05) is 43.3 Å². The van der Waals surface area contributed by atoms with Gasteiger partial charge in [-0.05, 0) is 49.9 Å². The molecular formula is C26H24N4O. The molecule has 5 aromatic rings. The van der Waals surface area contributed by atoms with Gasteiger partial charge in [0.05, 0.1) is 17.9 Å². The Morgan fingerprint density at radius 2 is 1.65 bits per heavy atom. The third-order valence-corrected chi connectivity index (χ3v) is 5.71. The molecule has 0 aliphatic carbocycles. The Hall–Kier alpha value is -3.86. The molecule has 0 aliphatic rings. The van der Waals surface area contributed by atoms with E-state index in [2.05, 4.69) is 60.2 Å². The van der Waals surface area contributed by atoms with E-state index >= 15 is 0 Å². The minimum absolute atomic E-state index is 0.0440. The van der Waals surface area contributed by atoms with E-state index in [0.717, 1.165) is 39.2 Å². The van der Waals surface area contributed by atoms with Gasteiger partial charge >= 0.3 is 0 Å². The molecule has 154 valence electrons. The largest absolute Gasteiger partial charge is 0.317 e. The predicted molar refractivity (Wildman–Crippen MR) is 126 cm³/mol. The Morgan fingerprint density at radius 3 is 2.45 bits per heavy atom. The number of pyridine rings is 2. The maximum atomic E-state index is 13.1. The molecule has 0 saturated carbocycles. The van der Waals surface area contributed by atoms with Crippen molar-refractivity contribution in [3.63, 3.8) is 0 Å². The Kier molecular flexibility index (Phi) is 4.59. The lowest BCUT2D eigenvalue weighted by Gasteiger charge is -2.15. The number of hydrogen-bond acceptors (Lipinski definition) is 3. The number of benzene rings is 2. The van der Waals surface area contributed by atoms with Gasteiger partial charge in [-0.3, -0.25) is 4.79 Å². The summed E-state index contributed by atoms with van der Waals surface area (Å²) >= 11 is 0. The zero-order valence-corrected chi connectivity index (χ0v) is 17.9. The van der Waals surface area contributed by atoms with Crippen LogP contribution < -0.4 is 11.0 Å². The maximum absolute atomic E-state index is 13.1. The van der Waals surface area contributed by atoms with Crippen LogP contribution in [0.3, 0.4) is 0 Å². The first-order valence-corrected chi connectivity index (χ1v) is 10.4. The topological polar surface area (TPSA) is 51.3 Å². The minimum Gasteiger partial charge on any atom is -0.317 e. The fraction of sp³-hybridized carbons (Fsp3) is 0.154. The Balaban J connectivity index is 1.61. The van der Waals surface area contributed by atoms with Crippen LogP contribution in [0.5, 0.6) is 0 Å². The number of nitrogens with zero attached hydrogens (tertiary/aromatic N) is 3. The summed E-state index contributed by atoms with van der Waals surface area (Å²) in [7, 11) is 0. The van der Waals surface area contributed by atoms with Crippen LogP contribution in [0.15, 0.2) is 77.7 Å².